The van der Waals surface area contributed by atoms with Gasteiger partial charge in [-0.3, -0.25) is 0 Å². The third-order valence-corrected chi connectivity index (χ3v) is 16.0. The second kappa shape index (κ2) is 15.4. The normalized spacial score (nSPS) is 16.8. The van der Waals surface area contributed by atoms with E-state index in [-0.39, 0.29) is 0 Å². The van der Waals surface area contributed by atoms with E-state index < -0.39 is 23.0 Å². The zero-order valence-corrected chi connectivity index (χ0v) is 32.7. The van der Waals surface area contributed by atoms with Gasteiger partial charge in [0.2, 0.25) is 0 Å². The van der Waals surface area contributed by atoms with E-state index in [9.17, 15) is 0 Å². The Bertz CT molecular complexity index is 2150. The summed E-state index contributed by atoms with van der Waals surface area (Å²) in [6.07, 6.45) is 0. The van der Waals surface area contributed by atoms with Gasteiger partial charge in [0, 0.05) is 0 Å². The largest absolute Gasteiger partial charge is 0.460 e. The molecule has 9 nitrogen and oxygen atoms in total. The molecule has 0 radical (unpaired) electrons. The van der Waals surface area contributed by atoms with E-state index in [4.69, 9.17) is 40.7 Å². The molecule has 0 aromatic heterocycles. The van der Waals surface area contributed by atoms with Crippen LogP contribution in [0.15, 0.2) is 165 Å². The van der Waals surface area contributed by atoms with E-state index >= 15 is 0 Å². The Balaban J connectivity index is 1.56. The Morgan fingerprint density at radius 2 is 0.453 bits per heavy atom. The van der Waals surface area contributed by atoms with Crippen molar-refractivity contribution >= 4 is 23.0 Å². The van der Waals surface area contributed by atoms with Crippen molar-refractivity contribution in [2.45, 2.75) is 34.6 Å². The summed E-state index contributed by atoms with van der Waals surface area (Å²) in [5.41, 5.74) is 5.28. The van der Waals surface area contributed by atoms with Gasteiger partial charge in [-0.05, 0) is 107 Å². The second-order valence-corrected chi connectivity index (χ2v) is 18.9. The van der Waals surface area contributed by atoms with Crippen molar-refractivity contribution in [3.63, 3.8) is 0 Å². The molecular formula is C41H40N3O6P3. The number of aryl methyl sites for hydroxylation is 5. The molecule has 53 heavy (non-hydrogen) atoms. The summed E-state index contributed by atoms with van der Waals surface area (Å²) in [6.45, 7) is 10.0. The van der Waals surface area contributed by atoms with Crippen LogP contribution in [0.25, 0.3) is 0 Å². The first kappa shape index (κ1) is 36.2. The van der Waals surface area contributed by atoms with E-state index in [0.717, 1.165) is 27.8 Å². The standard InChI is InChI=1S/C41H40N3O6P3/c1-31-11-21-37(22-12-31)46-51(45-36-9-7-6-8-10-36)42-52(47-38-23-13-32(2)14-24-38,48-39-25-15-33(3)16-26-39)44-53(43-51,49-40-27-17-34(4)18-28-40)50-41-29-19-35(5)20-30-41/h6-30H,1-5H3. The SMILES string of the molecule is Cc1ccc(OP2(Oc3ccccc3)=NP(Oc3ccc(C)cc3)(Oc3ccc(C)cc3)=NP(Oc3ccc(C)cc3)(Oc3ccc(C)cc3)=N2)cc1. The Kier molecular flexibility index (Phi) is 10.5. The molecule has 0 amide bonds. The van der Waals surface area contributed by atoms with Crippen molar-refractivity contribution in [1.82, 2.24) is 0 Å². The number of rotatable bonds is 12. The second-order valence-electron chi connectivity index (χ2n) is 12.7. The van der Waals surface area contributed by atoms with E-state index in [2.05, 4.69) is 0 Å². The van der Waals surface area contributed by atoms with Crippen molar-refractivity contribution in [2.75, 3.05) is 0 Å². The molecule has 0 spiro atoms. The molecule has 1 aliphatic heterocycles. The molecule has 6 aromatic carbocycles. The zero-order chi connectivity index (χ0) is 36.9. The van der Waals surface area contributed by atoms with Crippen LogP contribution in [0.5, 0.6) is 34.5 Å². The van der Waals surface area contributed by atoms with Crippen LogP contribution >= 0.6 is 23.0 Å². The van der Waals surface area contributed by atoms with Crippen molar-refractivity contribution in [3.8, 4) is 34.5 Å². The molecule has 6 aromatic rings. The van der Waals surface area contributed by atoms with Crippen LogP contribution < -0.4 is 27.1 Å². The van der Waals surface area contributed by atoms with Crippen molar-refractivity contribution in [3.05, 3.63) is 179 Å². The maximum Gasteiger partial charge on any atom is 0.460 e. The van der Waals surface area contributed by atoms with Gasteiger partial charge in [-0.1, -0.05) is 120 Å². The lowest BCUT2D eigenvalue weighted by Gasteiger charge is -2.33. The predicted octanol–water partition coefficient (Wildman–Crippen LogP) is 13.9. The average Bonchev–Trinajstić information content (AvgIpc) is 3.13. The Labute approximate surface area is 311 Å². The minimum atomic E-state index is -3.93. The average molecular weight is 764 g/mol. The summed E-state index contributed by atoms with van der Waals surface area (Å²) >= 11 is 0. The molecule has 270 valence electrons. The van der Waals surface area contributed by atoms with E-state index in [1.807, 2.05) is 186 Å². The topological polar surface area (TPSA) is 92.5 Å². The molecule has 1 atom stereocenters. The van der Waals surface area contributed by atoms with Gasteiger partial charge < -0.3 is 27.1 Å². The van der Waals surface area contributed by atoms with E-state index in [1.54, 1.807) is 0 Å². The summed E-state index contributed by atoms with van der Waals surface area (Å²) in [6, 6.07) is 47.3. The Morgan fingerprint density at radius 1 is 0.264 bits per heavy atom. The van der Waals surface area contributed by atoms with Crippen LogP contribution in [-0.4, -0.2) is 0 Å². The summed E-state index contributed by atoms with van der Waals surface area (Å²) in [7, 11) is -11.8. The monoisotopic (exact) mass is 763 g/mol. The summed E-state index contributed by atoms with van der Waals surface area (Å²) in [5.74, 6) is 2.84. The fraction of sp³-hybridized carbons (Fsp3) is 0.122. The first-order valence-electron chi connectivity index (χ1n) is 17.0. The first-order valence-corrected chi connectivity index (χ1v) is 21.6. The summed E-state index contributed by atoms with van der Waals surface area (Å²) in [5, 5.41) is 0. The zero-order valence-electron chi connectivity index (χ0n) is 30.1. The molecule has 0 bridgehead atoms. The molecule has 0 N–H and O–H groups in total. The molecule has 7 rings (SSSR count). The fourth-order valence-corrected chi connectivity index (χ4v) is 14.1. The summed E-state index contributed by atoms with van der Waals surface area (Å²) < 4.78 is 57.1. The van der Waals surface area contributed by atoms with Gasteiger partial charge in [0.15, 0.2) is 0 Å². The van der Waals surface area contributed by atoms with Gasteiger partial charge in [0.1, 0.15) is 34.5 Å². The molecular weight excluding hydrogens is 723 g/mol. The lowest BCUT2D eigenvalue weighted by molar-refractivity contribution is 0.443. The number of nitrogens with zero attached hydrogens (tertiary/aromatic N) is 3. The van der Waals surface area contributed by atoms with Crippen LogP contribution in [0, 0.1) is 34.6 Å². The molecule has 0 saturated heterocycles. The van der Waals surface area contributed by atoms with E-state index in [0.29, 0.717) is 34.5 Å². The molecule has 0 saturated carbocycles. The fourth-order valence-electron chi connectivity index (χ4n) is 5.06. The lowest BCUT2D eigenvalue weighted by atomic mass is 10.2. The van der Waals surface area contributed by atoms with Gasteiger partial charge >= 0.3 is 23.0 Å². The van der Waals surface area contributed by atoms with E-state index in [1.165, 1.54) is 0 Å². The van der Waals surface area contributed by atoms with Gasteiger partial charge in [0.05, 0.1) is 0 Å². The Hall–Kier alpha value is -5.19. The molecule has 1 heterocycles. The number of benzene rings is 6. The molecule has 1 aliphatic rings. The van der Waals surface area contributed by atoms with Gasteiger partial charge in [-0.25, -0.2) is 0 Å². The van der Waals surface area contributed by atoms with Crippen LogP contribution in [-0.2, 0) is 0 Å². The van der Waals surface area contributed by atoms with Crippen molar-refractivity contribution in [1.29, 1.82) is 0 Å². The van der Waals surface area contributed by atoms with Crippen LogP contribution in [0.2, 0.25) is 0 Å². The minimum Gasteiger partial charge on any atom is -0.413 e. The highest BCUT2D eigenvalue weighted by molar-refractivity contribution is 7.79. The van der Waals surface area contributed by atoms with Gasteiger partial charge in [-0.15, -0.1) is 0 Å². The first-order chi connectivity index (χ1) is 25.6. The molecule has 0 fully saturated rings. The number of hydrogen-bond acceptors (Lipinski definition) is 9. The summed E-state index contributed by atoms with van der Waals surface area (Å²) in [4.78, 5) is 0. The highest BCUT2D eigenvalue weighted by Gasteiger charge is 2.49. The maximum absolute atomic E-state index is 6.88. The predicted molar refractivity (Wildman–Crippen MR) is 214 cm³/mol. The van der Waals surface area contributed by atoms with Crippen molar-refractivity contribution in [2.24, 2.45) is 13.5 Å². The van der Waals surface area contributed by atoms with Gasteiger partial charge in [-0.2, -0.15) is 0 Å². The van der Waals surface area contributed by atoms with Crippen LogP contribution in [0.3, 0.4) is 0 Å². The highest BCUT2D eigenvalue weighted by atomic mass is 31.3. The number of para-hydroxylation sites is 1. The third kappa shape index (κ3) is 9.25. The van der Waals surface area contributed by atoms with Crippen LogP contribution in [0.4, 0.5) is 0 Å². The van der Waals surface area contributed by atoms with Crippen LogP contribution in [0.1, 0.15) is 27.8 Å². The minimum absolute atomic E-state index is 0.467. The van der Waals surface area contributed by atoms with Crippen molar-refractivity contribution < 1.29 is 27.1 Å². The molecule has 1 unspecified atom stereocenters. The van der Waals surface area contributed by atoms with Gasteiger partial charge in [0.25, 0.3) is 0 Å². The molecule has 0 aliphatic carbocycles. The molecule has 12 heteroatoms. The lowest BCUT2D eigenvalue weighted by Crippen LogP contribution is -2.11. The maximum atomic E-state index is 6.88. The third-order valence-electron chi connectivity index (χ3n) is 7.87. The number of hydrogen-bond donors (Lipinski definition) is 0. The highest BCUT2D eigenvalue weighted by Crippen LogP contribution is 2.78. The Morgan fingerprint density at radius 3 is 0.660 bits per heavy atom. The smallest absolute Gasteiger partial charge is 0.413 e. The quantitative estimate of drug-likeness (QED) is 0.115.